The Labute approximate surface area is 350 Å². The number of fused-ring (bicyclic) bond motifs is 12. The number of furan rings is 1. The lowest BCUT2D eigenvalue weighted by Gasteiger charge is -2.14. The van der Waals surface area contributed by atoms with E-state index in [1.165, 1.54) is 27.1 Å². The second-order valence-electron chi connectivity index (χ2n) is 15.7. The Balaban J connectivity index is 1.10. The van der Waals surface area contributed by atoms with Crippen LogP contribution in [0.3, 0.4) is 0 Å². The normalized spacial score (nSPS) is 11.9. The molecule has 0 aliphatic heterocycles. The molecule has 5 nitrogen and oxygen atoms in total. The first kappa shape index (κ1) is 33.7. The van der Waals surface area contributed by atoms with E-state index in [1.807, 2.05) is 18.2 Å². The average molecular weight is 779 g/mol. The maximum Gasteiger partial charge on any atom is 0.160 e. The molecule has 0 radical (unpaired) electrons. The molecular weight excluding hydrogens is 745 g/mol. The van der Waals surface area contributed by atoms with Crippen LogP contribution in [0.1, 0.15) is 0 Å². The Hall–Kier alpha value is -8.28. The lowest BCUT2D eigenvalue weighted by Crippen LogP contribution is -1.99. The highest BCUT2D eigenvalue weighted by Crippen LogP contribution is 2.46. The van der Waals surface area contributed by atoms with Crippen LogP contribution < -0.4 is 0 Å². The molecule has 0 atom stereocenters. The summed E-state index contributed by atoms with van der Waals surface area (Å²) >= 11 is 0. The molecule has 0 aliphatic rings. The van der Waals surface area contributed by atoms with E-state index in [4.69, 9.17) is 14.4 Å². The van der Waals surface area contributed by atoms with Gasteiger partial charge >= 0.3 is 0 Å². The zero-order valence-electron chi connectivity index (χ0n) is 32.8. The van der Waals surface area contributed by atoms with Crippen molar-refractivity contribution in [3.63, 3.8) is 0 Å². The first-order valence-corrected chi connectivity index (χ1v) is 20.7. The Bertz CT molecular complexity index is 3860. The Morgan fingerprint density at radius 3 is 1.84 bits per heavy atom. The zero-order valence-corrected chi connectivity index (χ0v) is 32.8. The van der Waals surface area contributed by atoms with Gasteiger partial charge in [0.2, 0.25) is 0 Å². The van der Waals surface area contributed by atoms with E-state index in [9.17, 15) is 0 Å². The SMILES string of the molecule is c1ccc(-c2cccc(-n3c4ccc5oc6ccccc6c5c4c4ccc5c6ccccc6n(-c6ccc(-c7nc(-c8ccccc8)c8ccccc8n7)cc6)c5c43)c2)cc1. The van der Waals surface area contributed by atoms with Gasteiger partial charge in [-0.2, -0.15) is 0 Å². The van der Waals surface area contributed by atoms with Crippen LogP contribution in [0.15, 0.2) is 211 Å². The first-order valence-electron chi connectivity index (χ1n) is 20.7. The Morgan fingerprint density at radius 1 is 0.344 bits per heavy atom. The van der Waals surface area contributed by atoms with Crippen molar-refractivity contribution in [2.24, 2.45) is 0 Å². The van der Waals surface area contributed by atoms with Gasteiger partial charge in [0, 0.05) is 60.2 Å². The molecule has 61 heavy (non-hydrogen) atoms. The quantitative estimate of drug-likeness (QED) is 0.175. The molecule has 0 N–H and O–H groups in total. The van der Waals surface area contributed by atoms with E-state index < -0.39 is 0 Å². The summed E-state index contributed by atoms with van der Waals surface area (Å²) in [6, 6.07) is 73.1. The van der Waals surface area contributed by atoms with Crippen LogP contribution in [0.25, 0.3) is 122 Å². The monoisotopic (exact) mass is 778 g/mol. The van der Waals surface area contributed by atoms with Crippen LogP contribution >= 0.6 is 0 Å². The minimum atomic E-state index is 0.698. The lowest BCUT2D eigenvalue weighted by atomic mass is 10.0. The molecule has 0 aliphatic carbocycles. The topological polar surface area (TPSA) is 48.8 Å². The second-order valence-corrected chi connectivity index (χ2v) is 15.7. The van der Waals surface area contributed by atoms with Gasteiger partial charge in [-0.3, -0.25) is 0 Å². The summed E-state index contributed by atoms with van der Waals surface area (Å²) in [7, 11) is 0. The summed E-state index contributed by atoms with van der Waals surface area (Å²) in [5.74, 6) is 0.698. The highest BCUT2D eigenvalue weighted by Gasteiger charge is 2.24. The summed E-state index contributed by atoms with van der Waals surface area (Å²) in [6.07, 6.45) is 0. The largest absolute Gasteiger partial charge is 0.456 e. The predicted octanol–water partition coefficient (Wildman–Crippen LogP) is 14.7. The fraction of sp³-hybridized carbons (Fsp3) is 0. The van der Waals surface area contributed by atoms with Crippen LogP contribution in [-0.2, 0) is 0 Å². The van der Waals surface area contributed by atoms with Crippen LogP contribution in [-0.4, -0.2) is 19.1 Å². The Morgan fingerprint density at radius 2 is 1.00 bits per heavy atom. The van der Waals surface area contributed by atoms with E-state index >= 15 is 0 Å². The maximum absolute atomic E-state index is 6.51. The molecule has 9 aromatic carbocycles. The van der Waals surface area contributed by atoms with E-state index in [-0.39, 0.29) is 0 Å². The van der Waals surface area contributed by atoms with Gasteiger partial charge in [-0.1, -0.05) is 140 Å². The third-order valence-electron chi connectivity index (χ3n) is 12.3. The molecule has 0 spiro atoms. The van der Waals surface area contributed by atoms with Gasteiger partial charge in [-0.25, -0.2) is 9.97 Å². The summed E-state index contributed by atoms with van der Waals surface area (Å²) in [5, 5.41) is 8.02. The van der Waals surface area contributed by atoms with Crippen molar-refractivity contribution in [1.29, 1.82) is 0 Å². The molecule has 0 bridgehead atoms. The maximum atomic E-state index is 6.51. The molecular formula is C56H34N4O. The Kier molecular flexibility index (Phi) is 7.24. The van der Waals surface area contributed by atoms with Crippen LogP contribution in [0, 0.1) is 0 Å². The van der Waals surface area contributed by atoms with Crippen molar-refractivity contribution in [2.75, 3.05) is 0 Å². The van der Waals surface area contributed by atoms with Gasteiger partial charge in [0.05, 0.1) is 33.3 Å². The van der Waals surface area contributed by atoms with E-state index in [0.717, 1.165) is 88.7 Å². The van der Waals surface area contributed by atoms with Crippen molar-refractivity contribution in [2.45, 2.75) is 0 Å². The molecule has 0 saturated carbocycles. The number of hydrogen-bond donors (Lipinski definition) is 0. The number of rotatable bonds is 5. The standard InChI is InChI=1S/C56H34N4O/c1-3-14-35(15-4-1)38-18-13-19-40(34-38)60-48-32-33-50-52(44-22-9-12-25-49(44)61-50)51(48)45-31-30-42-41-20-8-11-24-47(41)59(54(42)55(45)60)39-28-26-37(27-29-39)56-57-46-23-10-7-21-43(46)53(58-56)36-16-5-2-6-17-36/h1-34H. The van der Waals surface area contributed by atoms with Gasteiger partial charge in [0.25, 0.3) is 0 Å². The molecule has 284 valence electrons. The van der Waals surface area contributed by atoms with Crippen LogP contribution in [0.5, 0.6) is 0 Å². The van der Waals surface area contributed by atoms with E-state index in [0.29, 0.717) is 5.82 Å². The molecule has 0 unspecified atom stereocenters. The summed E-state index contributed by atoms with van der Waals surface area (Å²) < 4.78 is 11.4. The summed E-state index contributed by atoms with van der Waals surface area (Å²) in [5.41, 5.74) is 14.7. The van der Waals surface area contributed by atoms with E-state index in [1.54, 1.807) is 0 Å². The van der Waals surface area contributed by atoms with Gasteiger partial charge in [0.1, 0.15) is 11.2 Å². The van der Waals surface area contributed by atoms with Gasteiger partial charge in [-0.15, -0.1) is 0 Å². The first-order chi connectivity index (χ1) is 30.3. The molecule has 4 heterocycles. The number of nitrogens with zero attached hydrogens (tertiary/aromatic N) is 4. The van der Waals surface area contributed by atoms with Gasteiger partial charge in [-0.05, 0) is 77.9 Å². The third-order valence-corrected chi connectivity index (χ3v) is 12.3. The van der Waals surface area contributed by atoms with Crippen molar-refractivity contribution < 1.29 is 4.42 Å². The fourth-order valence-corrected chi connectivity index (χ4v) is 9.63. The smallest absolute Gasteiger partial charge is 0.160 e. The lowest BCUT2D eigenvalue weighted by molar-refractivity contribution is 0.669. The minimum absolute atomic E-state index is 0.698. The van der Waals surface area contributed by atoms with Crippen molar-refractivity contribution in [1.82, 2.24) is 19.1 Å². The highest BCUT2D eigenvalue weighted by molar-refractivity contribution is 6.31. The van der Waals surface area contributed by atoms with Crippen LogP contribution in [0.2, 0.25) is 0 Å². The minimum Gasteiger partial charge on any atom is -0.456 e. The molecule has 4 aromatic heterocycles. The highest BCUT2D eigenvalue weighted by atomic mass is 16.3. The fourth-order valence-electron chi connectivity index (χ4n) is 9.63. The number of para-hydroxylation sites is 3. The summed E-state index contributed by atoms with van der Waals surface area (Å²) in [4.78, 5) is 10.3. The predicted molar refractivity (Wildman–Crippen MR) is 252 cm³/mol. The molecule has 13 rings (SSSR count). The average Bonchev–Trinajstić information content (AvgIpc) is 3.99. The molecule has 5 heteroatoms. The summed E-state index contributed by atoms with van der Waals surface area (Å²) in [6.45, 7) is 0. The van der Waals surface area contributed by atoms with Gasteiger partial charge < -0.3 is 13.6 Å². The number of benzene rings is 9. The number of hydrogen-bond acceptors (Lipinski definition) is 3. The zero-order chi connectivity index (χ0) is 40.0. The second kappa shape index (κ2) is 13.1. The van der Waals surface area contributed by atoms with Crippen molar-refractivity contribution >= 4 is 76.5 Å². The molecule has 13 aromatic rings. The van der Waals surface area contributed by atoms with Crippen molar-refractivity contribution in [3.05, 3.63) is 206 Å². The van der Waals surface area contributed by atoms with Crippen molar-refractivity contribution in [3.8, 4) is 45.1 Å². The molecule has 0 fully saturated rings. The third kappa shape index (κ3) is 5.08. The molecule has 0 saturated heterocycles. The van der Waals surface area contributed by atoms with Gasteiger partial charge in [0.15, 0.2) is 5.82 Å². The van der Waals surface area contributed by atoms with Crippen LogP contribution in [0.4, 0.5) is 0 Å². The van der Waals surface area contributed by atoms with E-state index in [2.05, 4.69) is 197 Å². The molecule has 0 amide bonds. The number of aromatic nitrogens is 4.